The fraction of sp³-hybridized carbons (Fsp3) is 0.0169. The molecule has 61 heavy (non-hydrogen) atoms. The van der Waals surface area contributed by atoms with E-state index >= 15 is 0 Å². The molecule has 0 unspecified atom stereocenters. The highest BCUT2D eigenvalue weighted by Crippen LogP contribution is 2.63. The quantitative estimate of drug-likeness (QED) is 0.163. The molecule has 0 atom stereocenters. The molecule has 13 rings (SSSR count). The molecule has 0 saturated carbocycles. The van der Waals surface area contributed by atoms with E-state index in [2.05, 4.69) is 240 Å². The van der Waals surface area contributed by atoms with Crippen LogP contribution in [0.2, 0.25) is 0 Å². The Balaban J connectivity index is 1.21. The van der Waals surface area contributed by atoms with E-state index in [0.29, 0.717) is 0 Å². The highest BCUT2D eigenvalue weighted by molar-refractivity contribution is 6.27. The van der Waals surface area contributed by atoms with Gasteiger partial charge in [0.15, 0.2) is 0 Å². The van der Waals surface area contributed by atoms with Crippen molar-refractivity contribution in [3.63, 3.8) is 0 Å². The van der Waals surface area contributed by atoms with E-state index in [9.17, 15) is 0 Å². The lowest BCUT2D eigenvalue weighted by Crippen LogP contribution is -2.31. The molecule has 1 aromatic heterocycles. The summed E-state index contributed by atoms with van der Waals surface area (Å²) in [6.45, 7) is 0. The SMILES string of the molecule is c1ccc(-c2cc(-c3ccccc3)cc(N(c3ccccc3)c3cc4c5c6c7c(cccc7ccc6n(-c6ccccc6)c5c3)C43c4ccccc4-c4ccccc43)c2)cc1. The molecule has 1 spiro atoms. The number of rotatable bonds is 6. The monoisotopic (exact) mass is 774 g/mol. The van der Waals surface area contributed by atoms with E-state index < -0.39 is 5.41 Å². The molecular weight excluding hydrogens is 737 g/mol. The predicted octanol–water partition coefficient (Wildman–Crippen LogP) is 15.4. The second-order valence-electron chi connectivity index (χ2n) is 16.4. The van der Waals surface area contributed by atoms with Gasteiger partial charge >= 0.3 is 0 Å². The van der Waals surface area contributed by atoms with E-state index in [-0.39, 0.29) is 0 Å². The average Bonchev–Trinajstić information content (AvgIpc) is 3.83. The molecule has 2 aliphatic rings. The van der Waals surface area contributed by atoms with Crippen LogP contribution in [0.5, 0.6) is 0 Å². The van der Waals surface area contributed by atoms with Gasteiger partial charge in [-0.2, -0.15) is 0 Å². The molecule has 10 aromatic carbocycles. The molecule has 0 fully saturated rings. The number of anilines is 3. The lowest BCUT2D eigenvalue weighted by Gasteiger charge is -2.39. The smallest absolute Gasteiger partial charge is 0.0727 e. The van der Waals surface area contributed by atoms with E-state index in [0.717, 1.165) is 22.7 Å². The van der Waals surface area contributed by atoms with Crippen LogP contribution in [0.15, 0.2) is 231 Å². The third-order valence-corrected chi connectivity index (χ3v) is 13.3. The Labute approximate surface area is 354 Å². The van der Waals surface area contributed by atoms with Crippen LogP contribution in [-0.4, -0.2) is 4.57 Å². The van der Waals surface area contributed by atoms with Crippen LogP contribution in [0.25, 0.3) is 71.6 Å². The van der Waals surface area contributed by atoms with Crippen molar-refractivity contribution < 1.29 is 0 Å². The van der Waals surface area contributed by atoms with Gasteiger partial charge in [0.1, 0.15) is 0 Å². The predicted molar refractivity (Wildman–Crippen MR) is 255 cm³/mol. The highest BCUT2D eigenvalue weighted by atomic mass is 15.1. The molecule has 11 aromatic rings. The van der Waals surface area contributed by atoms with Crippen molar-refractivity contribution in [2.24, 2.45) is 0 Å². The molecule has 0 radical (unpaired) electrons. The third-order valence-electron chi connectivity index (χ3n) is 13.3. The van der Waals surface area contributed by atoms with Crippen molar-refractivity contribution >= 4 is 49.6 Å². The molecule has 1 heterocycles. The lowest BCUT2D eigenvalue weighted by molar-refractivity contribution is 0.783. The molecule has 0 N–H and O–H groups in total. The molecule has 0 saturated heterocycles. The maximum atomic E-state index is 2.54. The van der Waals surface area contributed by atoms with Crippen LogP contribution in [0.3, 0.4) is 0 Å². The van der Waals surface area contributed by atoms with E-state index in [1.165, 1.54) is 88.2 Å². The van der Waals surface area contributed by atoms with Gasteiger partial charge in [-0.15, -0.1) is 0 Å². The molecular formula is C59H38N2. The first kappa shape index (κ1) is 34.0. The zero-order valence-electron chi connectivity index (χ0n) is 33.3. The van der Waals surface area contributed by atoms with Crippen LogP contribution in [0.1, 0.15) is 22.3 Å². The van der Waals surface area contributed by atoms with E-state index in [1.54, 1.807) is 0 Å². The van der Waals surface area contributed by atoms with Crippen molar-refractivity contribution in [2.75, 3.05) is 4.90 Å². The van der Waals surface area contributed by atoms with Crippen LogP contribution in [0, 0.1) is 0 Å². The highest BCUT2D eigenvalue weighted by Gasteiger charge is 2.50. The van der Waals surface area contributed by atoms with Crippen molar-refractivity contribution in [3.05, 3.63) is 253 Å². The van der Waals surface area contributed by atoms with Crippen LogP contribution >= 0.6 is 0 Å². The van der Waals surface area contributed by atoms with Crippen LogP contribution < -0.4 is 4.90 Å². The Morgan fingerprint density at radius 3 is 1.49 bits per heavy atom. The minimum Gasteiger partial charge on any atom is -0.310 e. The van der Waals surface area contributed by atoms with Gasteiger partial charge in [0, 0.05) is 33.5 Å². The number of hydrogen-bond donors (Lipinski definition) is 0. The summed E-state index contributed by atoms with van der Waals surface area (Å²) in [6, 6.07) is 85.4. The number of aromatic nitrogens is 1. The first-order chi connectivity index (χ1) is 30.3. The zero-order chi connectivity index (χ0) is 40.1. The van der Waals surface area contributed by atoms with Gasteiger partial charge in [-0.1, -0.05) is 170 Å². The molecule has 0 aliphatic heterocycles. The number of benzene rings is 10. The standard InChI is InChI=1S/C59H38N2/c1-5-18-39(19-6-1)42-34-43(40-20-7-2-8-21-40)36-46(35-42)60(44-23-9-3-10-24-44)47-37-53-57-55(38-47)61(45-25-11-4-12-26-45)54-33-32-41-22-17-31-52(56(41)58(54)57)59(53)50-29-15-13-27-48(50)49-28-14-16-30-51(49)59/h1-38H. The summed E-state index contributed by atoms with van der Waals surface area (Å²) in [4.78, 5) is 2.48. The molecule has 284 valence electrons. The van der Waals surface area contributed by atoms with Crippen molar-refractivity contribution in [1.29, 1.82) is 0 Å². The summed E-state index contributed by atoms with van der Waals surface area (Å²) < 4.78 is 2.51. The number of para-hydroxylation sites is 2. The minimum absolute atomic E-state index is 0.561. The second kappa shape index (κ2) is 13.0. The first-order valence-electron chi connectivity index (χ1n) is 21.2. The van der Waals surface area contributed by atoms with Gasteiger partial charge in [-0.3, -0.25) is 0 Å². The normalized spacial score (nSPS) is 13.0. The Kier molecular flexibility index (Phi) is 7.26. The van der Waals surface area contributed by atoms with E-state index in [1.807, 2.05) is 0 Å². The lowest BCUT2D eigenvalue weighted by atomic mass is 9.63. The Hall–Kier alpha value is -7.94. The van der Waals surface area contributed by atoms with Gasteiger partial charge in [0.2, 0.25) is 0 Å². The maximum absolute atomic E-state index is 2.54. The molecule has 2 aliphatic carbocycles. The zero-order valence-corrected chi connectivity index (χ0v) is 33.3. The summed E-state index contributed by atoms with van der Waals surface area (Å²) in [6.07, 6.45) is 0. The number of hydrogen-bond acceptors (Lipinski definition) is 1. The number of nitrogens with zero attached hydrogens (tertiary/aromatic N) is 2. The van der Waals surface area contributed by atoms with Crippen LogP contribution in [-0.2, 0) is 5.41 Å². The summed E-state index contributed by atoms with van der Waals surface area (Å²) in [7, 11) is 0. The summed E-state index contributed by atoms with van der Waals surface area (Å²) in [5, 5.41) is 5.25. The third kappa shape index (κ3) is 4.79. The van der Waals surface area contributed by atoms with Gasteiger partial charge < -0.3 is 9.47 Å². The number of fused-ring (bicyclic) bond motifs is 7. The molecule has 2 heteroatoms. The Bertz CT molecular complexity index is 3410. The van der Waals surface area contributed by atoms with Gasteiger partial charge in [0.25, 0.3) is 0 Å². The van der Waals surface area contributed by atoms with Crippen molar-refractivity contribution in [2.45, 2.75) is 5.41 Å². The second-order valence-corrected chi connectivity index (χ2v) is 16.4. The average molecular weight is 775 g/mol. The summed E-state index contributed by atoms with van der Waals surface area (Å²) >= 11 is 0. The Morgan fingerprint density at radius 2 is 0.852 bits per heavy atom. The maximum Gasteiger partial charge on any atom is 0.0727 e. The fourth-order valence-corrected chi connectivity index (χ4v) is 10.9. The first-order valence-corrected chi connectivity index (χ1v) is 21.2. The summed E-state index contributed by atoms with van der Waals surface area (Å²) in [5.41, 5.74) is 18.9. The van der Waals surface area contributed by atoms with Gasteiger partial charge in [-0.05, 0) is 127 Å². The minimum atomic E-state index is -0.561. The molecule has 0 amide bonds. The van der Waals surface area contributed by atoms with E-state index in [4.69, 9.17) is 0 Å². The fourth-order valence-electron chi connectivity index (χ4n) is 10.9. The largest absolute Gasteiger partial charge is 0.310 e. The van der Waals surface area contributed by atoms with Gasteiger partial charge in [0.05, 0.1) is 16.4 Å². The molecule has 0 bridgehead atoms. The Morgan fingerprint density at radius 1 is 0.311 bits per heavy atom. The van der Waals surface area contributed by atoms with Crippen molar-refractivity contribution in [3.8, 4) is 39.1 Å². The summed E-state index contributed by atoms with van der Waals surface area (Å²) in [5.74, 6) is 0. The van der Waals surface area contributed by atoms with Crippen LogP contribution in [0.4, 0.5) is 17.1 Å². The molecule has 2 nitrogen and oxygen atoms in total. The van der Waals surface area contributed by atoms with Crippen molar-refractivity contribution in [1.82, 2.24) is 4.57 Å². The van der Waals surface area contributed by atoms with Gasteiger partial charge in [-0.25, -0.2) is 0 Å². The topological polar surface area (TPSA) is 8.17 Å².